The van der Waals surface area contributed by atoms with Gasteiger partial charge < -0.3 is 24.7 Å². The van der Waals surface area contributed by atoms with E-state index in [0.29, 0.717) is 29.2 Å². The molecular weight excluding hydrogens is 380 g/mol. The summed E-state index contributed by atoms with van der Waals surface area (Å²) in [5.41, 5.74) is 3.38. The Morgan fingerprint density at radius 2 is 1.73 bits per heavy atom. The minimum atomic E-state index is -0.141. The van der Waals surface area contributed by atoms with Crippen molar-refractivity contribution in [1.29, 1.82) is 0 Å². The zero-order valence-corrected chi connectivity index (χ0v) is 17.4. The highest BCUT2D eigenvalue weighted by atomic mass is 16.5. The van der Waals surface area contributed by atoms with Crippen molar-refractivity contribution in [3.05, 3.63) is 64.4 Å². The molecule has 0 atom stereocenters. The Kier molecular flexibility index (Phi) is 6.18. The van der Waals surface area contributed by atoms with Gasteiger partial charge in [-0.1, -0.05) is 31.2 Å². The molecule has 2 aliphatic heterocycles. The van der Waals surface area contributed by atoms with Gasteiger partial charge in [-0.2, -0.15) is 0 Å². The van der Waals surface area contributed by atoms with Gasteiger partial charge in [0.15, 0.2) is 11.5 Å². The molecule has 158 valence electrons. The predicted molar refractivity (Wildman–Crippen MR) is 114 cm³/mol. The fourth-order valence-corrected chi connectivity index (χ4v) is 4.26. The Balaban J connectivity index is 1.53. The number of carbonyl (C=O) groups excluding carboxylic acids is 1. The number of ketones is 1. The lowest BCUT2D eigenvalue weighted by Gasteiger charge is -2.29. The van der Waals surface area contributed by atoms with Gasteiger partial charge in [-0.25, -0.2) is 0 Å². The summed E-state index contributed by atoms with van der Waals surface area (Å²) in [5.74, 6) is 0.827. The van der Waals surface area contributed by atoms with Crippen LogP contribution >= 0.6 is 0 Å². The van der Waals surface area contributed by atoms with Crippen LogP contribution in [0.1, 0.15) is 34.0 Å². The largest absolute Gasteiger partial charge is 0.507 e. The van der Waals surface area contributed by atoms with E-state index < -0.39 is 0 Å². The molecule has 2 aromatic rings. The fraction of sp³-hybridized carbons (Fsp3) is 0.375. The number of benzene rings is 2. The van der Waals surface area contributed by atoms with Crippen molar-refractivity contribution in [2.75, 3.05) is 39.3 Å². The Hall–Kier alpha value is -2.67. The number of allylic oxidation sites excluding steroid dienone is 1. The topological polar surface area (TPSA) is 75.6 Å². The molecule has 4 rings (SSSR count). The smallest absolute Gasteiger partial charge is 0.231 e. The molecule has 0 spiro atoms. The van der Waals surface area contributed by atoms with Crippen molar-refractivity contribution in [2.45, 2.75) is 19.9 Å². The molecule has 2 aliphatic rings. The molecular formula is C24H30N2O4+2. The van der Waals surface area contributed by atoms with E-state index >= 15 is 0 Å². The Morgan fingerprint density at radius 3 is 2.40 bits per heavy atom. The molecule has 6 heteroatoms. The van der Waals surface area contributed by atoms with Gasteiger partial charge in [-0.05, 0) is 35.8 Å². The highest BCUT2D eigenvalue weighted by Crippen LogP contribution is 2.39. The number of phenols is 1. The molecule has 0 aliphatic carbocycles. The molecule has 2 heterocycles. The second-order valence-electron chi connectivity index (χ2n) is 8.13. The first-order valence-corrected chi connectivity index (χ1v) is 10.7. The third-order valence-corrected chi connectivity index (χ3v) is 6.16. The van der Waals surface area contributed by atoms with Gasteiger partial charge in [0.1, 0.15) is 45.0 Å². The summed E-state index contributed by atoms with van der Waals surface area (Å²) in [6.45, 7) is 7.62. The molecule has 0 saturated carbocycles. The number of aryl methyl sites for hydroxylation is 1. The van der Waals surface area contributed by atoms with Crippen LogP contribution in [0.4, 0.5) is 0 Å². The van der Waals surface area contributed by atoms with Crippen molar-refractivity contribution in [3.63, 3.8) is 0 Å². The lowest BCUT2D eigenvalue weighted by atomic mass is 10.0. The third kappa shape index (κ3) is 4.26. The molecule has 0 bridgehead atoms. The molecule has 2 aromatic carbocycles. The van der Waals surface area contributed by atoms with E-state index in [1.165, 1.54) is 15.4 Å². The number of rotatable bonds is 6. The van der Waals surface area contributed by atoms with E-state index in [4.69, 9.17) is 9.84 Å². The number of aromatic hydroxyl groups is 1. The van der Waals surface area contributed by atoms with Crippen LogP contribution in [-0.4, -0.2) is 55.3 Å². The number of fused-ring (bicyclic) bond motifs is 1. The minimum absolute atomic E-state index is 0.141. The molecule has 0 amide bonds. The number of ether oxygens (including phenoxy) is 1. The van der Waals surface area contributed by atoms with Gasteiger partial charge in [0, 0.05) is 0 Å². The van der Waals surface area contributed by atoms with Crippen LogP contribution in [0.5, 0.6) is 11.5 Å². The van der Waals surface area contributed by atoms with Gasteiger partial charge in [0.2, 0.25) is 5.78 Å². The Morgan fingerprint density at radius 1 is 1.03 bits per heavy atom. The van der Waals surface area contributed by atoms with Crippen LogP contribution in [-0.2, 0) is 13.0 Å². The summed E-state index contributed by atoms with van der Waals surface area (Å²) in [7, 11) is 0. The summed E-state index contributed by atoms with van der Waals surface area (Å²) < 4.78 is 5.99. The molecule has 0 unspecified atom stereocenters. The highest BCUT2D eigenvalue weighted by molar-refractivity contribution is 6.14. The average molecular weight is 411 g/mol. The summed E-state index contributed by atoms with van der Waals surface area (Å²) in [6.07, 6.45) is 2.74. The Bertz CT molecular complexity index is 944. The first-order valence-electron chi connectivity index (χ1n) is 10.7. The van der Waals surface area contributed by atoms with Gasteiger partial charge in [-0.3, -0.25) is 4.79 Å². The predicted octanol–water partition coefficient (Wildman–Crippen LogP) is -0.153. The van der Waals surface area contributed by atoms with Gasteiger partial charge in [-0.15, -0.1) is 0 Å². The monoisotopic (exact) mass is 410 g/mol. The van der Waals surface area contributed by atoms with E-state index in [1.807, 2.05) is 12.1 Å². The third-order valence-electron chi connectivity index (χ3n) is 6.16. The molecule has 0 radical (unpaired) electrons. The maximum absolute atomic E-state index is 12.9. The van der Waals surface area contributed by atoms with Crippen LogP contribution in [0.15, 0.2) is 42.2 Å². The van der Waals surface area contributed by atoms with E-state index in [0.717, 1.165) is 44.7 Å². The van der Waals surface area contributed by atoms with Gasteiger partial charge >= 0.3 is 0 Å². The number of hydrogen-bond donors (Lipinski definition) is 4. The number of piperazine rings is 1. The Labute approximate surface area is 177 Å². The zero-order valence-electron chi connectivity index (χ0n) is 17.4. The van der Waals surface area contributed by atoms with Crippen molar-refractivity contribution < 1.29 is 29.5 Å². The number of carbonyl (C=O) groups is 1. The first-order chi connectivity index (χ1) is 14.6. The maximum Gasteiger partial charge on any atom is 0.231 e. The van der Waals surface area contributed by atoms with Gasteiger partial charge in [0.05, 0.1) is 17.7 Å². The van der Waals surface area contributed by atoms with Crippen LogP contribution in [0.2, 0.25) is 0 Å². The second kappa shape index (κ2) is 9.00. The zero-order chi connectivity index (χ0) is 21.1. The molecule has 0 aromatic heterocycles. The van der Waals surface area contributed by atoms with E-state index in [9.17, 15) is 9.90 Å². The van der Waals surface area contributed by atoms with Crippen molar-refractivity contribution >= 4 is 11.9 Å². The summed E-state index contributed by atoms with van der Waals surface area (Å²) in [6, 6.07) is 11.3. The standard InChI is InChI=1S/C24H28N2O4/c1-2-17-3-5-18(6-4-17)15-22-23(29)19-7-8-21(28)20(24(19)30-22)16-26-11-9-25(10-12-26)13-14-27/h3-8,15,27-28H,2,9-14,16H2,1H3/p+2/b22-15+. The lowest BCUT2D eigenvalue weighted by Crippen LogP contribution is -3.27. The summed E-state index contributed by atoms with van der Waals surface area (Å²) in [5, 5.41) is 19.6. The van der Waals surface area contributed by atoms with Crippen LogP contribution < -0.4 is 14.5 Å². The van der Waals surface area contributed by atoms with Crippen molar-refractivity contribution in [2.24, 2.45) is 0 Å². The van der Waals surface area contributed by atoms with Crippen LogP contribution in [0, 0.1) is 0 Å². The first kappa shape index (κ1) is 20.6. The number of quaternary nitrogens is 2. The maximum atomic E-state index is 12.9. The van der Waals surface area contributed by atoms with E-state index in [2.05, 4.69) is 19.1 Å². The quantitative estimate of drug-likeness (QED) is 0.500. The fourth-order valence-electron chi connectivity index (χ4n) is 4.26. The van der Waals surface area contributed by atoms with E-state index in [1.54, 1.807) is 18.2 Å². The molecule has 4 N–H and O–H groups in total. The average Bonchev–Trinajstić information content (AvgIpc) is 3.08. The van der Waals surface area contributed by atoms with E-state index in [-0.39, 0.29) is 18.1 Å². The number of aliphatic hydroxyl groups excluding tert-OH is 1. The summed E-state index contributed by atoms with van der Waals surface area (Å²) in [4.78, 5) is 15.6. The SMILES string of the molecule is CCc1ccc(/C=C2/Oc3c(ccc(O)c3C[NH+]3CC[NH+](CCO)CC3)C2=O)cc1. The second-order valence-corrected chi connectivity index (χ2v) is 8.13. The number of hydrogen-bond acceptors (Lipinski definition) is 4. The van der Waals surface area contributed by atoms with Crippen molar-refractivity contribution in [1.82, 2.24) is 0 Å². The van der Waals surface area contributed by atoms with Gasteiger partial charge in [0.25, 0.3) is 0 Å². The lowest BCUT2D eigenvalue weighted by molar-refractivity contribution is -1.02. The number of nitrogens with one attached hydrogen (secondary N) is 2. The number of phenolic OH excluding ortho intramolecular Hbond substituents is 1. The van der Waals surface area contributed by atoms with Crippen LogP contribution in [0.25, 0.3) is 6.08 Å². The molecule has 1 saturated heterocycles. The normalized spacial score (nSPS) is 22.2. The summed E-state index contributed by atoms with van der Waals surface area (Å²) >= 11 is 0. The van der Waals surface area contributed by atoms with Crippen molar-refractivity contribution in [3.8, 4) is 11.5 Å². The number of Topliss-reactive ketones (excluding diaryl/α,β-unsaturated/α-hetero) is 1. The molecule has 30 heavy (non-hydrogen) atoms. The highest BCUT2D eigenvalue weighted by Gasteiger charge is 2.33. The molecule has 6 nitrogen and oxygen atoms in total. The van der Waals surface area contributed by atoms with Crippen LogP contribution in [0.3, 0.4) is 0 Å². The minimum Gasteiger partial charge on any atom is -0.507 e. The number of aliphatic hydroxyl groups is 1. The molecule has 1 fully saturated rings.